The molecule has 0 radical (unpaired) electrons. The zero-order chi connectivity index (χ0) is 29.2. The molecule has 8 nitrogen and oxygen atoms in total. The van der Waals surface area contributed by atoms with Crippen molar-refractivity contribution in [2.45, 2.75) is 70.1 Å². The molecule has 0 unspecified atom stereocenters. The average Bonchev–Trinajstić information content (AvgIpc) is 2.92. The predicted octanol–water partition coefficient (Wildman–Crippen LogP) is 4.29. The van der Waals surface area contributed by atoms with Gasteiger partial charge in [-0.15, -0.1) is 0 Å². The Kier molecular flexibility index (Phi) is 12.2. The van der Waals surface area contributed by atoms with E-state index < -0.39 is 35.7 Å². The summed E-state index contributed by atoms with van der Waals surface area (Å²) in [5.41, 5.74) is 7.12. The van der Waals surface area contributed by atoms with Gasteiger partial charge in [-0.25, -0.2) is 4.39 Å². The molecule has 1 aliphatic carbocycles. The summed E-state index contributed by atoms with van der Waals surface area (Å²) in [5, 5.41) is 15.7. The van der Waals surface area contributed by atoms with Crippen LogP contribution >= 0.6 is 23.2 Å². The molecule has 3 rings (SSSR count). The van der Waals surface area contributed by atoms with Gasteiger partial charge in [-0.3, -0.25) is 19.3 Å². The first-order valence-corrected chi connectivity index (χ1v) is 14.2. The molecule has 2 aromatic rings. The lowest BCUT2D eigenvalue weighted by Crippen LogP contribution is -2.54. The minimum atomic E-state index is -1.04. The lowest BCUT2D eigenvalue weighted by Gasteiger charge is -2.32. The number of carboxylic acid groups (broad SMARTS) is 1. The Morgan fingerprint density at radius 2 is 1.75 bits per heavy atom. The third-order valence-electron chi connectivity index (χ3n) is 7.36. The molecule has 0 aromatic heterocycles. The van der Waals surface area contributed by atoms with Crippen LogP contribution in [0.4, 0.5) is 4.39 Å². The highest BCUT2D eigenvalue weighted by molar-refractivity contribution is 6.42. The second-order valence-corrected chi connectivity index (χ2v) is 11.2. The first-order chi connectivity index (χ1) is 19.1. The molecule has 0 saturated heterocycles. The normalized spacial score (nSPS) is 15.4. The van der Waals surface area contributed by atoms with Crippen LogP contribution in [0.25, 0.3) is 0 Å². The molecule has 2 amide bonds. The molecule has 1 saturated carbocycles. The highest BCUT2D eigenvalue weighted by Gasteiger charge is 2.32. The molecule has 0 bridgehead atoms. The Bertz CT molecular complexity index is 1190. The van der Waals surface area contributed by atoms with Gasteiger partial charge in [0.15, 0.2) is 0 Å². The minimum absolute atomic E-state index is 0.0404. The Labute approximate surface area is 244 Å². The van der Waals surface area contributed by atoms with Crippen molar-refractivity contribution in [1.82, 2.24) is 15.5 Å². The van der Waals surface area contributed by atoms with Crippen molar-refractivity contribution < 1.29 is 23.9 Å². The second kappa shape index (κ2) is 15.3. The van der Waals surface area contributed by atoms with E-state index in [-0.39, 0.29) is 26.1 Å². The minimum Gasteiger partial charge on any atom is -0.480 e. The van der Waals surface area contributed by atoms with Crippen LogP contribution in [0.2, 0.25) is 10.0 Å². The van der Waals surface area contributed by atoms with Gasteiger partial charge >= 0.3 is 5.97 Å². The number of nitrogens with one attached hydrogen (secondary N) is 2. The molecular weight excluding hydrogens is 558 g/mol. The standard InChI is InChI=1S/C29H37Cl2FN4O4/c1-36(17-27(37)38)26(14-18-5-3-2-4-6-18)29(40)35-25(13-19-8-10-22(30)23(31)11-19)28(39)34-16-20-7-9-21(15-33)24(32)12-20/h7-12,18,25-26H,2-6,13-17,33H2,1H3,(H,34,39)(H,35,40)(H,37,38)/t25-,26+/m0/s1. The van der Waals surface area contributed by atoms with Gasteiger partial charge in [0.2, 0.25) is 11.8 Å². The van der Waals surface area contributed by atoms with Crippen LogP contribution < -0.4 is 16.4 Å². The summed E-state index contributed by atoms with van der Waals surface area (Å²) in [6.45, 7) is -0.202. The van der Waals surface area contributed by atoms with Crippen LogP contribution in [-0.4, -0.2) is 53.5 Å². The van der Waals surface area contributed by atoms with Crippen molar-refractivity contribution in [3.63, 3.8) is 0 Å². The summed E-state index contributed by atoms with van der Waals surface area (Å²) >= 11 is 12.2. The second-order valence-electron chi connectivity index (χ2n) is 10.4. The van der Waals surface area contributed by atoms with Gasteiger partial charge in [0.25, 0.3) is 0 Å². The van der Waals surface area contributed by atoms with Gasteiger partial charge in [0.05, 0.1) is 22.6 Å². The van der Waals surface area contributed by atoms with E-state index in [0.29, 0.717) is 39.1 Å². The van der Waals surface area contributed by atoms with E-state index in [2.05, 4.69) is 10.6 Å². The largest absolute Gasteiger partial charge is 0.480 e. The van der Waals surface area contributed by atoms with Crippen molar-refractivity contribution in [2.24, 2.45) is 11.7 Å². The van der Waals surface area contributed by atoms with Crippen LogP contribution in [0, 0.1) is 11.7 Å². The van der Waals surface area contributed by atoms with E-state index in [1.165, 1.54) is 11.0 Å². The number of carbonyl (C=O) groups excluding carboxylic acids is 2. The lowest BCUT2D eigenvalue weighted by molar-refractivity contribution is -0.140. The van der Waals surface area contributed by atoms with Crippen LogP contribution in [0.15, 0.2) is 36.4 Å². The van der Waals surface area contributed by atoms with E-state index in [9.17, 15) is 23.9 Å². The monoisotopic (exact) mass is 594 g/mol. The number of nitrogens with zero attached hydrogens (tertiary/aromatic N) is 1. The Morgan fingerprint density at radius 3 is 2.38 bits per heavy atom. The SMILES string of the molecule is CN(CC(=O)O)[C@H](CC1CCCCC1)C(=O)N[C@@H](Cc1ccc(Cl)c(Cl)c1)C(=O)NCc1ccc(CN)c(F)c1. The third kappa shape index (κ3) is 9.44. The summed E-state index contributed by atoms with van der Waals surface area (Å²) < 4.78 is 14.2. The number of rotatable bonds is 13. The summed E-state index contributed by atoms with van der Waals surface area (Å²) in [6.07, 6.45) is 5.91. The molecule has 5 N–H and O–H groups in total. The van der Waals surface area contributed by atoms with Crippen molar-refractivity contribution in [3.05, 3.63) is 69.0 Å². The number of nitrogens with two attached hydrogens (primary N) is 1. The lowest BCUT2D eigenvalue weighted by atomic mass is 9.84. The van der Waals surface area contributed by atoms with E-state index in [0.717, 1.165) is 32.1 Å². The fourth-order valence-corrected chi connectivity index (χ4v) is 5.43. The van der Waals surface area contributed by atoms with Crippen molar-refractivity contribution in [3.8, 4) is 0 Å². The third-order valence-corrected chi connectivity index (χ3v) is 8.10. The number of hydrogen-bond donors (Lipinski definition) is 4. The number of carboxylic acids is 1. The maximum Gasteiger partial charge on any atom is 0.317 e. The number of hydrogen-bond acceptors (Lipinski definition) is 5. The fourth-order valence-electron chi connectivity index (χ4n) is 5.11. The summed E-state index contributed by atoms with van der Waals surface area (Å²) in [6, 6.07) is 7.82. The number of benzene rings is 2. The van der Waals surface area contributed by atoms with Gasteiger partial charge in [-0.05, 0) is 48.7 Å². The molecule has 0 spiro atoms. The van der Waals surface area contributed by atoms with E-state index >= 15 is 0 Å². The molecule has 0 heterocycles. The zero-order valence-corrected chi connectivity index (χ0v) is 24.1. The zero-order valence-electron chi connectivity index (χ0n) is 22.6. The number of likely N-dealkylation sites (N-methyl/N-ethyl adjacent to an activating group) is 1. The highest BCUT2D eigenvalue weighted by atomic mass is 35.5. The molecule has 2 atom stereocenters. The smallest absolute Gasteiger partial charge is 0.317 e. The van der Waals surface area contributed by atoms with E-state index in [4.69, 9.17) is 28.9 Å². The van der Waals surface area contributed by atoms with E-state index in [1.807, 2.05) is 0 Å². The molecule has 2 aromatic carbocycles. The van der Waals surface area contributed by atoms with Crippen LogP contribution in [0.5, 0.6) is 0 Å². The Morgan fingerprint density at radius 1 is 1.05 bits per heavy atom. The fraction of sp³-hybridized carbons (Fsp3) is 0.483. The average molecular weight is 596 g/mol. The number of carbonyl (C=O) groups is 3. The Hall–Kier alpha value is -2.72. The first-order valence-electron chi connectivity index (χ1n) is 13.5. The maximum atomic E-state index is 14.2. The van der Waals surface area contributed by atoms with Crippen LogP contribution in [0.3, 0.4) is 0 Å². The van der Waals surface area contributed by atoms with Crippen molar-refractivity contribution in [2.75, 3.05) is 13.6 Å². The van der Waals surface area contributed by atoms with Gasteiger partial charge in [-0.1, -0.05) is 73.5 Å². The quantitative estimate of drug-likeness (QED) is 0.274. The van der Waals surface area contributed by atoms with Crippen molar-refractivity contribution >= 4 is 41.0 Å². The number of aliphatic carboxylic acids is 1. The van der Waals surface area contributed by atoms with Gasteiger partial charge < -0.3 is 21.5 Å². The van der Waals surface area contributed by atoms with Gasteiger partial charge in [0.1, 0.15) is 11.9 Å². The molecule has 11 heteroatoms. The van der Waals surface area contributed by atoms with E-state index in [1.54, 1.807) is 37.4 Å². The summed E-state index contributed by atoms with van der Waals surface area (Å²) in [4.78, 5) is 40.0. The van der Waals surface area contributed by atoms with Gasteiger partial charge in [-0.2, -0.15) is 0 Å². The van der Waals surface area contributed by atoms with Crippen molar-refractivity contribution in [1.29, 1.82) is 0 Å². The molecule has 0 aliphatic heterocycles. The molecule has 1 aliphatic rings. The van der Waals surface area contributed by atoms with Crippen LogP contribution in [0.1, 0.15) is 55.2 Å². The Balaban J connectivity index is 1.80. The highest BCUT2D eigenvalue weighted by Crippen LogP contribution is 2.29. The maximum absolute atomic E-state index is 14.2. The van der Waals surface area contributed by atoms with Crippen LogP contribution in [-0.2, 0) is 33.9 Å². The molecular formula is C29H37Cl2FN4O4. The number of amides is 2. The topological polar surface area (TPSA) is 125 Å². The molecule has 218 valence electrons. The summed E-state index contributed by atoms with van der Waals surface area (Å²) in [5.74, 6) is -2.09. The van der Waals surface area contributed by atoms with Gasteiger partial charge in [0, 0.05) is 25.1 Å². The summed E-state index contributed by atoms with van der Waals surface area (Å²) in [7, 11) is 1.61. The first kappa shape index (κ1) is 31.8. The molecule has 40 heavy (non-hydrogen) atoms. The molecule has 1 fully saturated rings. The predicted molar refractivity (Wildman–Crippen MR) is 153 cm³/mol. The number of halogens is 3.